The number of nitrogens with zero attached hydrogens (tertiary/aromatic N) is 3. The van der Waals surface area contributed by atoms with Gasteiger partial charge < -0.3 is 9.67 Å². The van der Waals surface area contributed by atoms with Gasteiger partial charge in [0.25, 0.3) is 0 Å². The molecule has 18 heavy (non-hydrogen) atoms. The molecule has 0 unspecified atom stereocenters. The van der Waals surface area contributed by atoms with E-state index in [2.05, 4.69) is 49.2 Å². The molecule has 0 aliphatic heterocycles. The van der Waals surface area contributed by atoms with Gasteiger partial charge in [0.1, 0.15) is 6.61 Å². The van der Waals surface area contributed by atoms with Gasteiger partial charge in [-0.2, -0.15) is 0 Å². The molecule has 2 aromatic rings. The van der Waals surface area contributed by atoms with Gasteiger partial charge in [-0.25, -0.2) is 0 Å². The average molecular weight is 245 g/mol. The van der Waals surface area contributed by atoms with Crippen LogP contribution in [-0.2, 0) is 13.2 Å². The molecule has 0 saturated heterocycles. The summed E-state index contributed by atoms with van der Waals surface area (Å²) in [6.07, 6.45) is 0.989. The van der Waals surface area contributed by atoms with E-state index < -0.39 is 0 Å². The highest BCUT2D eigenvalue weighted by molar-refractivity contribution is 5.58. The van der Waals surface area contributed by atoms with Crippen LogP contribution in [0.4, 0.5) is 0 Å². The van der Waals surface area contributed by atoms with Gasteiger partial charge in [-0.05, 0) is 32.4 Å². The fourth-order valence-corrected chi connectivity index (χ4v) is 2.23. The van der Waals surface area contributed by atoms with Crippen LogP contribution in [0.1, 0.15) is 30.3 Å². The summed E-state index contributed by atoms with van der Waals surface area (Å²) in [6, 6.07) is 6.34. The summed E-state index contributed by atoms with van der Waals surface area (Å²) >= 11 is 0. The zero-order valence-electron chi connectivity index (χ0n) is 11.1. The minimum atomic E-state index is -0.0716. The maximum absolute atomic E-state index is 9.29. The number of benzene rings is 1. The molecule has 4 nitrogen and oxygen atoms in total. The van der Waals surface area contributed by atoms with E-state index in [0.29, 0.717) is 5.82 Å². The van der Waals surface area contributed by atoms with Crippen LogP contribution in [0.5, 0.6) is 0 Å². The highest BCUT2D eigenvalue weighted by Crippen LogP contribution is 2.21. The second kappa shape index (κ2) is 5.31. The Balaban J connectivity index is 2.52. The number of aliphatic hydroxyl groups is 1. The average Bonchev–Trinajstić information content (AvgIpc) is 2.71. The maximum Gasteiger partial charge on any atom is 0.164 e. The van der Waals surface area contributed by atoms with E-state index in [-0.39, 0.29) is 6.61 Å². The number of aromatic nitrogens is 3. The van der Waals surface area contributed by atoms with Crippen LogP contribution in [0.2, 0.25) is 0 Å². The Labute approximate surface area is 107 Å². The fourth-order valence-electron chi connectivity index (χ4n) is 2.23. The van der Waals surface area contributed by atoms with Crippen LogP contribution in [-0.4, -0.2) is 19.9 Å². The van der Waals surface area contributed by atoms with E-state index in [0.717, 1.165) is 24.4 Å². The number of aliphatic hydroxyl groups excluding tert-OH is 1. The van der Waals surface area contributed by atoms with E-state index in [1.165, 1.54) is 11.1 Å². The van der Waals surface area contributed by atoms with E-state index in [1.54, 1.807) is 0 Å². The summed E-state index contributed by atoms with van der Waals surface area (Å²) in [4.78, 5) is 0. The van der Waals surface area contributed by atoms with Gasteiger partial charge in [0.05, 0.1) is 0 Å². The first-order chi connectivity index (χ1) is 8.65. The second-order valence-electron chi connectivity index (χ2n) is 4.63. The lowest BCUT2D eigenvalue weighted by molar-refractivity contribution is 0.264. The molecule has 0 aliphatic rings. The summed E-state index contributed by atoms with van der Waals surface area (Å²) in [7, 11) is 0. The monoisotopic (exact) mass is 245 g/mol. The van der Waals surface area contributed by atoms with Crippen LogP contribution in [0.3, 0.4) is 0 Å². The lowest BCUT2D eigenvalue weighted by Gasteiger charge is -2.09. The van der Waals surface area contributed by atoms with Crippen molar-refractivity contribution in [3.63, 3.8) is 0 Å². The van der Waals surface area contributed by atoms with Gasteiger partial charge in [0.2, 0.25) is 0 Å². The standard InChI is InChI=1S/C14H19N3O/c1-4-5-17-13(9-18)15-16-14(17)12-7-10(2)6-11(3)8-12/h6-8,18H,4-5,9H2,1-3H3. The molecular formula is C14H19N3O. The van der Waals surface area contributed by atoms with Crippen molar-refractivity contribution in [2.24, 2.45) is 0 Å². The molecule has 0 fully saturated rings. The molecule has 2 rings (SSSR count). The zero-order chi connectivity index (χ0) is 13.1. The highest BCUT2D eigenvalue weighted by Gasteiger charge is 2.12. The molecule has 0 atom stereocenters. The summed E-state index contributed by atoms with van der Waals surface area (Å²) in [5.41, 5.74) is 3.48. The maximum atomic E-state index is 9.29. The Kier molecular flexibility index (Phi) is 3.77. The van der Waals surface area contributed by atoms with Crippen molar-refractivity contribution < 1.29 is 5.11 Å². The van der Waals surface area contributed by atoms with Crippen LogP contribution in [0.15, 0.2) is 18.2 Å². The number of hydrogen-bond donors (Lipinski definition) is 1. The highest BCUT2D eigenvalue weighted by atomic mass is 16.3. The van der Waals surface area contributed by atoms with Crippen LogP contribution in [0.25, 0.3) is 11.4 Å². The topological polar surface area (TPSA) is 50.9 Å². The Morgan fingerprint density at radius 1 is 1.11 bits per heavy atom. The minimum absolute atomic E-state index is 0.0716. The van der Waals surface area contributed by atoms with Crippen LogP contribution in [0, 0.1) is 13.8 Å². The molecule has 0 bridgehead atoms. The third-order valence-corrected chi connectivity index (χ3v) is 2.90. The number of aryl methyl sites for hydroxylation is 2. The third-order valence-electron chi connectivity index (χ3n) is 2.90. The van der Waals surface area contributed by atoms with Gasteiger partial charge in [0.15, 0.2) is 11.6 Å². The molecule has 0 spiro atoms. The first-order valence-corrected chi connectivity index (χ1v) is 6.27. The predicted molar refractivity (Wildman–Crippen MR) is 71.1 cm³/mol. The lowest BCUT2D eigenvalue weighted by atomic mass is 10.1. The smallest absolute Gasteiger partial charge is 0.164 e. The molecule has 4 heteroatoms. The van der Waals surface area contributed by atoms with Crippen molar-refractivity contribution in [3.05, 3.63) is 35.2 Å². The number of hydrogen-bond acceptors (Lipinski definition) is 3. The molecular weight excluding hydrogens is 226 g/mol. The van der Waals surface area contributed by atoms with Crippen LogP contribution < -0.4 is 0 Å². The first-order valence-electron chi connectivity index (χ1n) is 6.27. The van der Waals surface area contributed by atoms with Crippen molar-refractivity contribution in [3.8, 4) is 11.4 Å². The minimum Gasteiger partial charge on any atom is -0.388 e. The summed E-state index contributed by atoms with van der Waals surface area (Å²) in [6.45, 7) is 7.00. The lowest BCUT2D eigenvalue weighted by Crippen LogP contribution is -2.05. The molecule has 1 aromatic carbocycles. The van der Waals surface area contributed by atoms with Gasteiger partial charge in [-0.3, -0.25) is 0 Å². The molecule has 1 aromatic heterocycles. The summed E-state index contributed by atoms with van der Waals surface area (Å²) < 4.78 is 1.99. The van der Waals surface area contributed by atoms with E-state index >= 15 is 0 Å². The molecule has 0 amide bonds. The van der Waals surface area contributed by atoms with E-state index in [4.69, 9.17) is 0 Å². The summed E-state index contributed by atoms with van der Waals surface area (Å²) in [5, 5.41) is 17.6. The Hall–Kier alpha value is -1.68. The molecule has 0 aliphatic carbocycles. The van der Waals surface area contributed by atoms with Crippen LogP contribution >= 0.6 is 0 Å². The second-order valence-corrected chi connectivity index (χ2v) is 4.63. The van der Waals surface area contributed by atoms with Gasteiger partial charge >= 0.3 is 0 Å². The van der Waals surface area contributed by atoms with Crippen molar-refractivity contribution in [2.45, 2.75) is 40.3 Å². The largest absolute Gasteiger partial charge is 0.388 e. The molecule has 1 N–H and O–H groups in total. The first kappa shape index (κ1) is 12.8. The normalized spacial score (nSPS) is 10.9. The predicted octanol–water partition coefficient (Wildman–Crippen LogP) is 2.46. The molecule has 0 saturated carbocycles. The van der Waals surface area contributed by atoms with Crippen molar-refractivity contribution in [2.75, 3.05) is 0 Å². The zero-order valence-corrected chi connectivity index (χ0v) is 11.1. The quantitative estimate of drug-likeness (QED) is 0.900. The molecule has 1 heterocycles. The Bertz CT molecular complexity index is 526. The number of rotatable bonds is 4. The Morgan fingerprint density at radius 3 is 2.33 bits per heavy atom. The van der Waals surface area contributed by atoms with E-state index in [9.17, 15) is 5.11 Å². The third kappa shape index (κ3) is 2.43. The fraction of sp³-hybridized carbons (Fsp3) is 0.429. The van der Waals surface area contributed by atoms with Crippen molar-refractivity contribution in [1.29, 1.82) is 0 Å². The van der Waals surface area contributed by atoms with Crippen molar-refractivity contribution in [1.82, 2.24) is 14.8 Å². The van der Waals surface area contributed by atoms with Crippen molar-refractivity contribution >= 4 is 0 Å². The molecule has 96 valence electrons. The Morgan fingerprint density at radius 2 is 1.78 bits per heavy atom. The SMILES string of the molecule is CCCn1c(CO)nnc1-c1cc(C)cc(C)c1. The van der Waals surface area contributed by atoms with Gasteiger partial charge in [0, 0.05) is 12.1 Å². The van der Waals surface area contributed by atoms with Gasteiger partial charge in [-0.15, -0.1) is 10.2 Å². The van der Waals surface area contributed by atoms with E-state index in [1.807, 2.05) is 4.57 Å². The molecule has 0 radical (unpaired) electrons. The summed E-state index contributed by atoms with van der Waals surface area (Å²) in [5.74, 6) is 1.47. The van der Waals surface area contributed by atoms with Gasteiger partial charge in [-0.1, -0.05) is 24.1 Å².